The van der Waals surface area contributed by atoms with E-state index in [-0.39, 0.29) is 17.2 Å². The van der Waals surface area contributed by atoms with Gasteiger partial charge in [-0.05, 0) is 12.0 Å². The van der Waals surface area contributed by atoms with Crippen LogP contribution in [0.2, 0.25) is 0 Å². The number of primary amides is 1. The van der Waals surface area contributed by atoms with Gasteiger partial charge < -0.3 is 16.2 Å². The number of carbonyl (C=O) groups excluding carboxylic acids is 1. The van der Waals surface area contributed by atoms with Crippen LogP contribution in [0.1, 0.15) is 24.2 Å². The number of nitrogens with two attached hydrogens (primary N) is 1. The molecule has 0 aromatic carbocycles. The highest BCUT2D eigenvalue weighted by atomic mass is 16.4. The molecule has 6 nitrogen and oxygen atoms in total. The average Bonchev–Trinajstić information content (AvgIpc) is 2.25. The normalized spacial score (nSPS) is 12.2. The van der Waals surface area contributed by atoms with Crippen LogP contribution >= 0.6 is 0 Å². The standard InChI is InChI=1S/C11H15N3O3/c1-6(2)9(10(12)15)14-8-5-13-4-3-7(8)11(16)17/h3-6,9,14H,1-2H3,(H2,12,15)(H,16,17). The van der Waals surface area contributed by atoms with Gasteiger partial charge in [-0.25, -0.2) is 4.79 Å². The van der Waals surface area contributed by atoms with Gasteiger partial charge >= 0.3 is 5.97 Å². The lowest BCUT2D eigenvalue weighted by molar-refractivity contribution is -0.119. The topological polar surface area (TPSA) is 105 Å². The van der Waals surface area contributed by atoms with Crippen molar-refractivity contribution in [2.45, 2.75) is 19.9 Å². The molecule has 0 fully saturated rings. The summed E-state index contributed by atoms with van der Waals surface area (Å²) >= 11 is 0. The Labute approximate surface area is 98.8 Å². The minimum absolute atomic E-state index is 0.0469. The summed E-state index contributed by atoms with van der Waals surface area (Å²) in [6, 6.07) is 0.737. The van der Waals surface area contributed by atoms with E-state index in [9.17, 15) is 9.59 Å². The second kappa shape index (κ2) is 5.29. The second-order valence-corrected chi connectivity index (χ2v) is 3.99. The third-order valence-corrected chi connectivity index (χ3v) is 2.34. The monoisotopic (exact) mass is 237 g/mol. The molecule has 1 aromatic rings. The number of carboxylic acids is 1. The van der Waals surface area contributed by atoms with Gasteiger partial charge in [0.1, 0.15) is 6.04 Å². The van der Waals surface area contributed by atoms with Gasteiger partial charge in [0.05, 0.1) is 17.4 Å². The van der Waals surface area contributed by atoms with Gasteiger partial charge in [-0.3, -0.25) is 9.78 Å². The molecule has 1 aromatic heterocycles. The molecular formula is C11H15N3O3. The number of hydrogen-bond acceptors (Lipinski definition) is 4. The Kier molecular flexibility index (Phi) is 4.03. The Bertz CT molecular complexity index is 432. The molecule has 4 N–H and O–H groups in total. The van der Waals surface area contributed by atoms with E-state index in [1.54, 1.807) is 0 Å². The SMILES string of the molecule is CC(C)C(Nc1cnccc1C(=O)O)C(N)=O. The Hall–Kier alpha value is -2.11. The lowest BCUT2D eigenvalue weighted by Crippen LogP contribution is -2.39. The first-order valence-corrected chi connectivity index (χ1v) is 5.16. The predicted molar refractivity (Wildman–Crippen MR) is 62.6 cm³/mol. The Morgan fingerprint density at radius 3 is 2.59 bits per heavy atom. The number of aromatic nitrogens is 1. The summed E-state index contributed by atoms with van der Waals surface area (Å²) in [5.41, 5.74) is 5.59. The highest BCUT2D eigenvalue weighted by molar-refractivity contribution is 5.95. The molecule has 1 heterocycles. The van der Waals surface area contributed by atoms with Crippen molar-refractivity contribution in [2.75, 3.05) is 5.32 Å². The van der Waals surface area contributed by atoms with Crippen molar-refractivity contribution in [3.05, 3.63) is 24.0 Å². The van der Waals surface area contributed by atoms with E-state index in [4.69, 9.17) is 10.8 Å². The minimum Gasteiger partial charge on any atom is -0.478 e. The zero-order valence-electron chi connectivity index (χ0n) is 9.68. The molecule has 17 heavy (non-hydrogen) atoms. The molecule has 0 spiro atoms. The number of nitrogens with zero attached hydrogens (tertiary/aromatic N) is 1. The summed E-state index contributed by atoms with van der Waals surface area (Å²) in [5.74, 6) is -1.66. The maximum absolute atomic E-state index is 11.2. The van der Waals surface area contributed by atoms with Crippen molar-refractivity contribution >= 4 is 17.6 Å². The number of amides is 1. The van der Waals surface area contributed by atoms with Crippen molar-refractivity contribution in [1.29, 1.82) is 0 Å². The molecular weight excluding hydrogens is 222 g/mol. The molecule has 1 atom stereocenters. The number of pyridine rings is 1. The lowest BCUT2D eigenvalue weighted by Gasteiger charge is -2.20. The number of carbonyl (C=O) groups is 2. The average molecular weight is 237 g/mol. The smallest absolute Gasteiger partial charge is 0.337 e. The number of aromatic carboxylic acids is 1. The predicted octanol–water partition coefficient (Wildman–Crippen LogP) is 0.702. The fourth-order valence-corrected chi connectivity index (χ4v) is 1.43. The molecule has 92 valence electrons. The molecule has 0 radical (unpaired) electrons. The Morgan fingerprint density at radius 1 is 1.47 bits per heavy atom. The molecule has 0 saturated carbocycles. The Morgan fingerprint density at radius 2 is 2.12 bits per heavy atom. The van der Waals surface area contributed by atoms with Crippen LogP contribution in [0.15, 0.2) is 18.5 Å². The van der Waals surface area contributed by atoms with Crippen LogP contribution in [0.25, 0.3) is 0 Å². The van der Waals surface area contributed by atoms with Crippen molar-refractivity contribution in [1.82, 2.24) is 4.98 Å². The molecule has 6 heteroatoms. The maximum atomic E-state index is 11.2. The van der Waals surface area contributed by atoms with Crippen LogP contribution < -0.4 is 11.1 Å². The summed E-state index contributed by atoms with van der Waals surface area (Å²) in [7, 11) is 0. The molecule has 1 rings (SSSR count). The fraction of sp³-hybridized carbons (Fsp3) is 0.364. The quantitative estimate of drug-likeness (QED) is 0.699. The van der Waals surface area contributed by atoms with Crippen molar-refractivity contribution in [2.24, 2.45) is 11.7 Å². The largest absolute Gasteiger partial charge is 0.478 e. The zero-order chi connectivity index (χ0) is 13.0. The maximum Gasteiger partial charge on any atom is 0.337 e. The molecule has 0 aliphatic carbocycles. The first kappa shape index (κ1) is 13.0. The van der Waals surface area contributed by atoms with Crippen LogP contribution in [0.3, 0.4) is 0 Å². The van der Waals surface area contributed by atoms with E-state index in [0.717, 1.165) is 0 Å². The van der Waals surface area contributed by atoms with Crippen LogP contribution in [0.5, 0.6) is 0 Å². The highest BCUT2D eigenvalue weighted by Gasteiger charge is 2.21. The van der Waals surface area contributed by atoms with Gasteiger partial charge in [-0.1, -0.05) is 13.8 Å². The van der Waals surface area contributed by atoms with Gasteiger partial charge in [-0.15, -0.1) is 0 Å². The summed E-state index contributed by atoms with van der Waals surface area (Å²) in [4.78, 5) is 26.0. The summed E-state index contributed by atoms with van der Waals surface area (Å²) < 4.78 is 0. The number of anilines is 1. The summed E-state index contributed by atoms with van der Waals surface area (Å²) in [5, 5.41) is 11.8. The van der Waals surface area contributed by atoms with Crippen LogP contribution in [-0.2, 0) is 4.79 Å². The first-order valence-electron chi connectivity index (χ1n) is 5.16. The number of nitrogens with one attached hydrogen (secondary N) is 1. The first-order chi connectivity index (χ1) is 7.93. The molecule has 1 unspecified atom stereocenters. The van der Waals surface area contributed by atoms with Crippen LogP contribution in [-0.4, -0.2) is 28.0 Å². The van der Waals surface area contributed by atoms with Crippen molar-refractivity contribution < 1.29 is 14.7 Å². The molecule has 1 amide bonds. The molecule has 0 saturated heterocycles. The molecule has 0 aliphatic heterocycles. The van der Waals surface area contributed by atoms with E-state index in [1.165, 1.54) is 18.5 Å². The number of rotatable bonds is 5. The van der Waals surface area contributed by atoms with Crippen molar-refractivity contribution in [3.63, 3.8) is 0 Å². The van der Waals surface area contributed by atoms with Gasteiger partial charge in [0.25, 0.3) is 0 Å². The van der Waals surface area contributed by atoms with E-state index in [2.05, 4.69) is 10.3 Å². The minimum atomic E-state index is -1.08. The van der Waals surface area contributed by atoms with Gasteiger partial charge in [0, 0.05) is 6.20 Å². The second-order valence-electron chi connectivity index (χ2n) is 3.99. The van der Waals surface area contributed by atoms with E-state index < -0.39 is 17.9 Å². The number of carboxylic acid groups (broad SMARTS) is 1. The third-order valence-electron chi connectivity index (χ3n) is 2.34. The van der Waals surface area contributed by atoms with Crippen LogP contribution in [0.4, 0.5) is 5.69 Å². The summed E-state index contributed by atoms with van der Waals surface area (Å²) in [6.45, 7) is 3.64. The van der Waals surface area contributed by atoms with E-state index in [1.807, 2.05) is 13.8 Å². The van der Waals surface area contributed by atoms with Crippen molar-refractivity contribution in [3.8, 4) is 0 Å². The van der Waals surface area contributed by atoms with E-state index in [0.29, 0.717) is 0 Å². The zero-order valence-corrected chi connectivity index (χ0v) is 9.68. The van der Waals surface area contributed by atoms with Gasteiger partial charge in [-0.2, -0.15) is 0 Å². The van der Waals surface area contributed by atoms with E-state index >= 15 is 0 Å². The van der Waals surface area contributed by atoms with Gasteiger partial charge in [0.15, 0.2) is 0 Å². The summed E-state index contributed by atoms with van der Waals surface area (Å²) in [6.07, 6.45) is 2.74. The lowest BCUT2D eigenvalue weighted by atomic mass is 10.0. The third kappa shape index (κ3) is 3.17. The van der Waals surface area contributed by atoms with Crippen LogP contribution in [0, 0.1) is 5.92 Å². The fourth-order valence-electron chi connectivity index (χ4n) is 1.43. The molecule has 0 aliphatic rings. The van der Waals surface area contributed by atoms with Gasteiger partial charge in [0.2, 0.25) is 5.91 Å². The Balaban J connectivity index is 3.01. The molecule has 0 bridgehead atoms. The number of hydrogen-bond donors (Lipinski definition) is 3. The highest BCUT2D eigenvalue weighted by Crippen LogP contribution is 2.17.